The van der Waals surface area contributed by atoms with Crippen molar-refractivity contribution in [2.45, 2.75) is 44.4 Å². The van der Waals surface area contributed by atoms with Gasteiger partial charge in [0.15, 0.2) is 0 Å². The number of amides is 2. The number of nitrogens with zero attached hydrogens (tertiary/aromatic N) is 3. The number of nitrogens with one attached hydrogen (secondary N) is 1. The number of carbonyl (C=O) groups is 1. The molecule has 1 aromatic rings. The van der Waals surface area contributed by atoms with Gasteiger partial charge in [-0.25, -0.2) is 4.79 Å². The normalized spacial score (nSPS) is 17.5. The van der Waals surface area contributed by atoms with Gasteiger partial charge in [0, 0.05) is 25.9 Å². The maximum Gasteiger partial charge on any atom is 0.408 e. The average Bonchev–Trinajstić information content (AvgIpc) is 3.06. The Morgan fingerprint density at radius 1 is 1.50 bits per heavy atom. The molecule has 1 aromatic heterocycles. The summed E-state index contributed by atoms with van der Waals surface area (Å²) in [5, 5.41) is 6.13. The van der Waals surface area contributed by atoms with Crippen LogP contribution in [0.4, 0.5) is 18.0 Å². The third-order valence-corrected chi connectivity index (χ3v) is 4.03. The molecule has 5 nitrogen and oxygen atoms in total. The number of urea groups is 1. The molecular weight excluding hydrogens is 297 g/mol. The van der Waals surface area contributed by atoms with Crippen molar-refractivity contribution < 1.29 is 18.0 Å². The summed E-state index contributed by atoms with van der Waals surface area (Å²) in [5.41, 5.74) is 0.768. The minimum Gasteiger partial charge on any atom is -0.326 e. The van der Waals surface area contributed by atoms with E-state index in [1.54, 1.807) is 24.1 Å². The van der Waals surface area contributed by atoms with Gasteiger partial charge in [-0.3, -0.25) is 4.68 Å². The summed E-state index contributed by atoms with van der Waals surface area (Å²) in [6.45, 7) is 0.217. The van der Waals surface area contributed by atoms with Crippen LogP contribution in [0.3, 0.4) is 0 Å². The van der Waals surface area contributed by atoms with Crippen LogP contribution < -0.4 is 5.32 Å². The van der Waals surface area contributed by atoms with E-state index in [0.29, 0.717) is 12.8 Å². The van der Waals surface area contributed by atoms with E-state index in [9.17, 15) is 18.0 Å². The summed E-state index contributed by atoms with van der Waals surface area (Å²) in [6, 6.07) is -2.48. The number of halogens is 3. The molecule has 124 valence electrons. The van der Waals surface area contributed by atoms with Crippen LogP contribution >= 0.6 is 0 Å². The van der Waals surface area contributed by atoms with Crippen LogP contribution in [0.5, 0.6) is 0 Å². The maximum atomic E-state index is 13.2. The minimum absolute atomic E-state index is 0.217. The Hall–Kier alpha value is -1.73. The maximum absolute atomic E-state index is 13.2. The molecule has 0 aromatic carbocycles. The third-order valence-electron chi connectivity index (χ3n) is 4.03. The molecule has 0 saturated heterocycles. The van der Waals surface area contributed by atoms with Gasteiger partial charge in [-0.1, -0.05) is 12.8 Å². The molecule has 2 rings (SSSR count). The highest BCUT2D eigenvalue weighted by Gasteiger charge is 2.46. The molecule has 22 heavy (non-hydrogen) atoms. The van der Waals surface area contributed by atoms with Gasteiger partial charge < -0.3 is 10.2 Å². The largest absolute Gasteiger partial charge is 0.408 e. The summed E-state index contributed by atoms with van der Waals surface area (Å²) < 4.78 is 41.1. The second-order valence-corrected chi connectivity index (χ2v) is 5.89. The summed E-state index contributed by atoms with van der Waals surface area (Å²) >= 11 is 0. The molecule has 1 fully saturated rings. The van der Waals surface area contributed by atoms with Gasteiger partial charge in [0.25, 0.3) is 0 Å². The lowest BCUT2D eigenvalue weighted by molar-refractivity contribution is -0.165. The van der Waals surface area contributed by atoms with E-state index >= 15 is 0 Å². The predicted molar refractivity (Wildman–Crippen MR) is 75.0 cm³/mol. The number of hydrogen-bond acceptors (Lipinski definition) is 2. The Morgan fingerprint density at radius 3 is 2.64 bits per heavy atom. The molecule has 1 saturated carbocycles. The number of aryl methyl sites for hydroxylation is 1. The fraction of sp³-hybridized carbons (Fsp3) is 0.714. The van der Waals surface area contributed by atoms with E-state index in [1.165, 1.54) is 11.9 Å². The van der Waals surface area contributed by atoms with E-state index < -0.39 is 24.2 Å². The third kappa shape index (κ3) is 4.14. The van der Waals surface area contributed by atoms with Gasteiger partial charge in [-0.05, 0) is 18.8 Å². The van der Waals surface area contributed by atoms with Crippen LogP contribution in [0.25, 0.3) is 0 Å². The molecular formula is C14H21F3N4O. The second-order valence-electron chi connectivity index (χ2n) is 5.89. The van der Waals surface area contributed by atoms with E-state index in [4.69, 9.17) is 0 Å². The topological polar surface area (TPSA) is 50.2 Å². The molecule has 8 heteroatoms. The number of aromatic nitrogens is 2. The zero-order valence-electron chi connectivity index (χ0n) is 12.7. The van der Waals surface area contributed by atoms with Crippen molar-refractivity contribution in [3.63, 3.8) is 0 Å². The highest BCUT2D eigenvalue weighted by molar-refractivity contribution is 5.74. The molecule has 0 radical (unpaired) electrons. The summed E-state index contributed by atoms with van der Waals surface area (Å²) in [5.74, 6) is -0.518. The fourth-order valence-corrected chi connectivity index (χ4v) is 2.90. The van der Waals surface area contributed by atoms with Crippen LogP contribution in [0, 0.1) is 5.92 Å². The van der Waals surface area contributed by atoms with Crippen molar-refractivity contribution in [1.29, 1.82) is 0 Å². The first-order valence-electron chi connectivity index (χ1n) is 7.33. The Labute approximate surface area is 127 Å². The molecule has 0 spiro atoms. The Morgan fingerprint density at radius 2 is 2.14 bits per heavy atom. The van der Waals surface area contributed by atoms with Crippen molar-refractivity contribution in [3.05, 3.63) is 18.0 Å². The standard InChI is InChI=1S/C14H21F3N4O/c1-20(8-10-7-18-21(2)9-10)13(22)19-12(14(15,16)17)11-5-3-4-6-11/h7,9,11-12H,3-6,8H2,1-2H3,(H,19,22). The lowest BCUT2D eigenvalue weighted by atomic mass is 9.98. The monoisotopic (exact) mass is 318 g/mol. The van der Waals surface area contributed by atoms with Crippen molar-refractivity contribution in [3.8, 4) is 0 Å². The highest BCUT2D eigenvalue weighted by atomic mass is 19.4. The van der Waals surface area contributed by atoms with Gasteiger partial charge in [0.2, 0.25) is 0 Å². The molecule has 1 atom stereocenters. The van der Waals surface area contributed by atoms with E-state index in [-0.39, 0.29) is 6.54 Å². The summed E-state index contributed by atoms with van der Waals surface area (Å²) in [7, 11) is 3.22. The first-order valence-corrected chi connectivity index (χ1v) is 7.33. The lowest BCUT2D eigenvalue weighted by Crippen LogP contribution is -2.52. The average molecular weight is 318 g/mol. The SMILES string of the molecule is CN(Cc1cnn(C)c1)C(=O)NC(C1CCCC1)C(F)(F)F. The molecule has 1 aliphatic rings. The van der Waals surface area contributed by atoms with E-state index in [2.05, 4.69) is 10.4 Å². The zero-order valence-corrected chi connectivity index (χ0v) is 12.7. The minimum atomic E-state index is -4.42. The Balaban J connectivity index is 1.97. The van der Waals surface area contributed by atoms with Crippen LogP contribution in [-0.2, 0) is 13.6 Å². The highest BCUT2D eigenvalue weighted by Crippen LogP contribution is 2.35. The Bertz CT molecular complexity index is 508. The van der Waals surface area contributed by atoms with Crippen molar-refractivity contribution in [1.82, 2.24) is 20.0 Å². The van der Waals surface area contributed by atoms with Gasteiger partial charge in [-0.2, -0.15) is 18.3 Å². The van der Waals surface area contributed by atoms with Gasteiger partial charge in [0.1, 0.15) is 6.04 Å². The first kappa shape index (κ1) is 16.6. The van der Waals surface area contributed by atoms with Crippen LogP contribution in [-0.4, -0.2) is 40.0 Å². The zero-order chi connectivity index (χ0) is 16.3. The molecule has 1 aliphatic carbocycles. The molecule has 1 unspecified atom stereocenters. The van der Waals surface area contributed by atoms with Crippen LogP contribution in [0.2, 0.25) is 0 Å². The molecule has 0 bridgehead atoms. The van der Waals surface area contributed by atoms with Crippen molar-refractivity contribution in [2.24, 2.45) is 13.0 Å². The molecule has 1 heterocycles. The molecule has 0 aliphatic heterocycles. The number of alkyl halides is 3. The van der Waals surface area contributed by atoms with Gasteiger partial charge >= 0.3 is 12.2 Å². The van der Waals surface area contributed by atoms with E-state index in [1.807, 2.05) is 0 Å². The van der Waals surface area contributed by atoms with Crippen LogP contribution in [0.1, 0.15) is 31.2 Å². The predicted octanol–water partition coefficient (Wildman–Crippen LogP) is 2.68. The number of hydrogen-bond donors (Lipinski definition) is 1. The molecule has 1 N–H and O–H groups in total. The van der Waals surface area contributed by atoms with Crippen LogP contribution in [0.15, 0.2) is 12.4 Å². The Kier molecular flexibility index (Phi) is 4.97. The summed E-state index contributed by atoms with van der Waals surface area (Å²) in [4.78, 5) is 13.3. The van der Waals surface area contributed by atoms with Gasteiger partial charge in [-0.15, -0.1) is 0 Å². The van der Waals surface area contributed by atoms with E-state index in [0.717, 1.165) is 18.4 Å². The molecule has 2 amide bonds. The number of rotatable bonds is 4. The van der Waals surface area contributed by atoms with Gasteiger partial charge in [0.05, 0.1) is 12.7 Å². The fourth-order valence-electron chi connectivity index (χ4n) is 2.90. The smallest absolute Gasteiger partial charge is 0.326 e. The number of carbonyl (C=O) groups excluding carboxylic acids is 1. The summed E-state index contributed by atoms with van der Waals surface area (Å²) in [6.07, 6.45) is 1.49. The lowest BCUT2D eigenvalue weighted by Gasteiger charge is -2.29. The van der Waals surface area contributed by atoms with Crippen molar-refractivity contribution >= 4 is 6.03 Å². The quantitative estimate of drug-likeness (QED) is 0.928. The second kappa shape index (κ2) is 6.58. The van der Waals surface area contributed by atoms with Crippen molar-refractivity contribution in [2.75, 3.05) is 7.05 Å². The first-order chi connectivity index (χ1) is 10.3.